The van der Waals surface area contributed by atoms with Crippen LogP contribution in [0.25, 0.3) is 0 Å². The van der Waals surface area contributed by atoms with Gasteiger partial charge in [0.1, 0.15) is 11.5 Å². The summed E-state index contributed by atoms with van der Waals surface area (Å²) in [6.07, 6.45) is 6.95. The van der Waals surface area contributed by atoms with E-state index in [-0.39, 0.29) is 52.6 Å². The molecule has 1 aliphatic carbocycles. The molecule has 0 bridgehead atoms. The molecule has 5 fully saturated rings. The Hall–Kier alpha value is -1.36. The molecule has 1 saturated carbocycles. The summed E-state index contributed by atoms with van der Waals surface area (Å²) in [5.74, 6) is 0.831. The second-order valence-corrected chi connectivity index (χ2v) is 12.1. The predicted molar refractivity (Wildman–Crippen MR) is 130 cm³/mol. The van der Waals surface area contributed by atoms with E-state index in [4.69, 9.17) is 4.74 Å². The van der Waals surface area contributed by atoms with Crippen LogP contribution in [-0.2, 0) is 19.1 Å². The van der Waals surface area contributed by atoms with Crippen LogP contribution in [0.15, 0.2) is 0 Å². The number of methoxy groups -OCH3 is 1. The SMILES string of the molecule is COC1CCCCC1C1CC(C)NCC1C(=O)NC1NC2CN(C(=O)C3CCC(=O)N3)CC2S1. The number of likely N-dealkylation sites (tertiary alicyclic amines) is 1. The van der Waals surface area contributed by atoms with Crippen molar-refractivity contribution < 1.29 is 19.1 Å². The average molecular weight is 494 g/mol. The van der Waals surface area contributed by atoms with E-state index in [2.05, 4.69) is 28.2 Å². The third-order valence-corrected chi connectivity index (χ3v) is 9.95. The smallest absolute Gasteiger partial charge is 0.245 e. The fourth-order valence-electron chi connectivity index (χ4n) is 6.80. The van der Waals surface area contributed by atoms with Crippen molar-refractivity contribution in [1.82, 2.24) is 26.2 Å². The van der Waals surface area contributed by atoms with Crippen LogP contribution in [0.3, 0.4) is 0 Å². The number of nitrogens with zero attached hydrogens (tertiary/aromatic N) is 1. The molecule has 5 rings (SSSR count). The van der Waals surface area contributed by atoms with E-state index in [0.717, 1.165) is 19.3 Å². The summed E-state index contributed by atoms with van der Waals surface area (Å²) in [7, 11) is 1.81. The van der Waals surface area contributed by atoms with Gasteiger partial charge in [0.05, 0.1) is 12.0 Å². The zero-order valence-corrected chi connectivity index (χ0v) is 21.1. The molecule has 34 heavy (non-hydrogen) atoms. The molecule has 9 atom stereocenters. The lowest BCUT2D eigenvalue weighted by molar-refractivity contribution is -0.133. The first-order chi connectivity index (χ1) is 16.4. The van der Waals surface area contributed by atoms with E-state index >= 15 is 0 Å². The number of hydrogen-bond donors (Lipinski definition) is 4. The highest BCUT2D eigenvalue weighted by Gasteiger charge is 2.47. The molecule has 4 aliphatic heterocycles. The Morgan fingerprint density at radius 3 is 2.71 bits per heavy atom. The first-order valence-electron chi connectivity index (χ1n) is 13.0. The minimum Gasteiger partial charge on any atom is -0.381 e. The lowest BCUT2D eigenvalue weighted by atomic mass is 9.68. The number of amides is 3. The Morgan fingerprint density at radius 1 is 1.15 bits per heavy atom. The first-order valence-corrected chi connectivity index (χ1v) is 13.9. The topological polar surface area (TPSA) is 112 Å². The maximum absolute atomic E-state index is 13.5. The number of ether oxygens (including phenoxy) is 1. The van der Waals surface area contributed by atoms with Gasteiger partial charge in [-0.2, -0.15) is 0 Å². The van der Waals surface area contributed by atoms with Crippen molar-refractivity contribution in [3.8, 4) is 0 Å². The molecule has 9 unspecified atom stereocenters. The van der Waals surface area contributed by atoms with Gasteiger partial charge in [-0.05, 0) is 44.4 Å². The highest BCUT2D eigenvalue weighted by Crippen LogP contribution is 2.40. The van der Waals surface area contributed by atoms with Crippen LogP contribution >= 0.6 is 11.8 Å². The highest BCUT2D eigenvalue weighted by atomic mass is 32.2. The molecule has 3 amide bonds. The standard InChI is InChI=1S/C24H39N5O4S/c1-13-9-15(14-5-3-4-6-19(14)33-2)16(10-25-13)22(31)28-24-27-18-11-29(12-20(18)34-24)23(32)17-7-8-21(30)26-17/h13-20,24-25,27H,3-12H2,1-2H3,(H,26,30)(H,28,31). The molecule has 0 radical (unpaired) electrons. The van der Waals surface area contributed by atoms with Crippen LogP contribution in [-0.4, -0.2) is 84.3 Å². The van der Waals surface area contributed by atoms with Gasteiger partial charge in [0.15, 0.2) is 0 Å². The molecule has 0 spiro atoms. The fourth-order valence-corrected chi connectivity index (χ4v) is 8.20. The van der Waals surface area contributed by atoms with Gasteiger partial charge in [0, 0.05) is 50.5 Å². The first kappa shape index (κ1) is 24.3. The summed E-state index contributed by atoms with van der Waals surface area (Å²) in [6, 6.07) is 0.202. The monoisotopic (exact) mass is 493 g/mol. The van der Waals surface area contributed by atoms with Crippen LogP contribution in [0.5, 0.6) is 0 Å². The number of nitrogens with one attached hydrogen (secondary N) is 4. The van der Waals surface area contributed by atoms with Crippen LogP contribution < -0.4 is 21.3 Å². The summed E-state index contributed by atoms with van der Waals surface area (Å²) < 4.78 is 5.85. The van der Waals surface area contributed by atoms with E-state index in [1.54, 1.807) is 11.8 Å². The Labute approximate surface area is 206 Å². The van der Waals surface area contributed by atoms with Gasteiger partial charge in [0.25, 0.3) is 0 Å². The van der Waals surface area contributed by atoms with Crippen molar-refractivity contribution in [2.45, 2.75) is 86.8 Å². The largest absolute Gasteiger partial charge is 0.381 e. The molecule has 4 N–H and O–H groups in total. The molecule has 190 valence electrons. The molecule has 10 heteroatoms. The van der Waals surface area contributed by atoms with Crippen molar-refractivity contribution in [3.05, 3.63) is 0 Å². The fraction of sp³-hybridized carbons (Fsp3) is 0.875. The molecular formula is C24H39N5O4S. The number of rotatable bonds is 5. The maximum atomic E-state index is 13.5. The molecule has 5 aliphatic rings. The Bertz CT molecular complexity index is 785. The Balaban J connectivity index is 1.16. The maximum Gasteiger partial charge on any atom is 0.245 e. The van der Waals surface area contributed by atoms with Gasteiger partial charge in [0.2, 0.25) is 17.7 Å². The Morgan fingerprint density at radius 2 is 1.97 bits per heavy atom. The third-order valence-electron chi connectivity index (χ3n) is 8.59. The minimum absolute atomic E-state index is 0.0219. The second kappa shape index (κ2) is 10.3. The predicted octanol–water partition coefficient (Wildman–Crippen LogP) is 0.400. The normalized spacial score (nSPS) is 42.4. The van der Waals surface area contributed by atoms with Crippen LogP contribution in [0.4, 0.5) is 0 Å². The summed E-state index contributed by atoms with van der Waals surface area (Å²) >= 11 is 1.71. The summed E-state index contributed by atoms with van der Waals surface area (Å²) in [6.45, 7) is 4.20. The van der Waals surface area contributed by atoms with E-state index in [0.29, 0.717) is 50.4 Å². The highest BCUT2D eigenvalue weighted by molar-refractivity contribution is 8.00. The number of fused-ring (bicyclic) bond motifs is 1. The number of hydrogen-bond acceptors (Lipinski definition) is 7. The van der Waals surface area contributed by atoms with Crippen LogP contribution in [0.2, 0.25) is 0 Å². The van der Waals surface area contributed by atoms with Crippen LogP contribution in [0, 0.1) is 17.8 Å². The lowest BCUT2D eigenvalue weighted by Gasteiger charge is -2.44. The molecule has 4 saturated heterocycles. The van der Waals surface area contributed by atoms with Crippen molar-refractivity contribution >= 4 is 29.5 Å². The zero-order chi connectivity index (χ0) is 23.8. The molecule has 4 heterocycles. The zero-order valence-electron chi connectivity index (χ0n) is 20.3. The number of piperidine rings is 1. The van der Waals surface area contributed by atoms with Crippen molar-refractivity contribution in [3.63, 3.8) is 0 Å². The average Bonchev–Trinajstić information content (AvgIpc) is 3.53. The number of carbonyl (C=O) groups excluding carboxylic acids is 3. The quantitative estimate of drug-likeness (QED) is 0.439. The van der Waals surface area contributed by atoms with E-state index in [1.165, 1.54) is 12.8 Å². The van der Waals surface area contributed by atoms with E-state index < -0.39 is 0 Å². The van der Waals surface area contributed by atoms with Gasteiger partial charge < -0.3 is 25.6 Å². The summed E-state index contributed by atoms with van der Waals surface area (Å²) in [4.78, 5) is 39.5. The molecule has 0 aromatic carbocycles. The number of thioether (sulfide) groups is 1. The van der Waals surface area contributed by atoms with E-state index in [9.17, 15) is 14.4 Å². The van der Waals surface area contributed by atoms with Gasteiger partial charge in [-0.15, -0.1) is 11.8 Å². The summed E-state index contributed by atoms with van der Waals surface area (Å²) in [5.41, 5.74) is -0.129. The third kappa shape index (κ3) is 4.96. The van der Waals surface area contributed by atoms with E-state index in [1.807, 2.05) is 12.0 Å². The molecule has 9 nitrogen and oxygen atoms in total. The van der Waals surface area contributed by atoms with Crippen molar-refractivity contribution in [2.75, 3.05) is 26.7 Å². The Kier molecular flexibility index (Phi) is 7.39. The van der Waals surface area contributed by atoms with Gasteiger partial charge in [-0.3, -0.25) is 19.7 Å². The molecule has 0 aromatic rings. The number of carbonyl (C=O) groups is 3. The van der Waals surface area contributed by atoms with Gasteiger partial charge >= 0.3 is 0 Å². The van der Waals surface area contributed by atoms with Gasteiger partial charge in [-0.25, -0.2) is 0 Å². The van der Waals surface area contributed by atoms with Crippen molar-refractivity contribution in [1.29, 1.82) is 0 Å². The van der Waals surface area contributed by atoms with Crippen molar-refractivity contribution in [2.24, 2.45) is 17.8 Å². The minimum atomic E-state index is -0.374. The molecule has 0 aromatic heterocycles. The van der Waals surface area contributed by atoms with Crippen LogP contribution in [0.1, 0.15) is 51.9 Å². The second-order valence-electron chi connectivity index (χ2n) is 10.8. The lowest BCUT2D eigenvalue weighted by Crippen LogP contribution is -2.55. The molecular weight excluding hydrogens is 454 g/mol. The summed E-state index contributed by atoms with van der Waals surface area (Å²) in [5, 5.41) is 13.4. The van der Waals surface area contributed by atoms with Gasteiger partial charge in [-0.1, -0.05) is 12.8 Å².